The van der Waals surface area contributed by atoms with Crippen LogP contribution < -0.4 is 4.90 Å². The Morgan fingerprint density at radius 1 is 1.05 bits per heavy atom. The Kier molecular flexibility index (Phi) is 4.76. The van der Waals surface area contributed by atoms with Crippen LogP contribution >= 0.6 is 15.9 Å². The molecule has 3 nitrogen and oxygen atoms in total. The molecule has 0 radical (unpaired) electrons. The average Bonchev–Trinajstić information content (AvgIpc) is 2.49. The zero-order valence-corrected chi connectivity index (χ0v) is 12.3. The number of benzene rings is 2. The standard InChI is InChI=1S/C16H12BrN3/c17-14-8-7-13(12-19)16(11-14)20(10-4-9-18)15-5-2-1-3-6-15/h1-3,5-8,11H,4,10H2. The Hall–Kier alpha value is -2.30. The summed E-state index contributed by atoms with van der Waals surface area (Å²) in [6.45, 7) is 0.547. The van der Waals surface area contributed by atoms with Crippen molar-refractivity contribution < 1.29 is 0 Å². The second kappa shape index (κ2) is 6.75. The molecule has 0 bridgehead atoms. The predicted octanol–water partition coefficient (Wildman–Crippen LogP) is 4.37. The van der Waals surface area contributed by atoms with Crippen LogP contribution in [0.1, 0.15) is 12.0 Å². The van der Waals surface area contributed by atoms with Gasteiger partial charge in [-0.25, -0.2) is 0 Å². The van der Waals surface area contributed by atoms with Crippen molar-refractivity contribution in [3.63, 3.8) is 0 Å². The molecule has 98 valence electrons. The molecule has 0 unspecified atom stereocenters. The van der Waals surface area contributed by atoms with Gasteiger partial charge < -0.3 is 4.90 Å². The SMILES string of the molecule is N#CCCN(c1ccccc1)c1cc(Br)ccc1C#N. The summed E-state index contributed by atoms with van der Waals surface area (Å²) >= 11 is 3.43. The van der Waals surface area contributed by atoms with E-state index >= 15 is 0 Å². The molecule has 0 heterocycles. The van der Waals surface area contributed by atoms with Crippen LogP contribution in [-0.4, -0.2) is 6.54 Å². The molecule has 0 amide bonds. The Morgan fingerprint density at radius 2 is 1.80 bits per heavy atom. The van der Waals surface area contributed by atoms with Gasteiger partial charge in [-0.1, -0.05) is 34.1 Å². The minimum atomic E-state index is 0.395. The van der Waals surface area contributed by atoms with Gasteiger partial charge in [-0.15, -0.1) is 0 Å². The van der Waals surface area contributed by atoms with Crippen LogP contribution in [0.15, 0.2) is 53.0 Å². The number of hydrogen-bond donors (Lipinski definition) is 0. The number of hydrogen-bond acceptors (Lipinski definition) is 3. The topological polar surface area (TPSA) is 50.8 Å². The number of nitrogens with zero attached hydrogens (tertiary/aromatic N) is 3. The van der Waals surface area contributed by atoms with Crippen molar-refractivity contribution in [3.8, 4) is 12.1 Å². The van der Waals surface area contributed by atoms with Crippen LogP contribution in [0.25, 0.3) is 0 Å². The van der Waals surface area contributed by atoms with Crippen molar-refractivity contribution in [2.75, 3.05) is 11.4 Å². The first-order valence-corrected chi connectivity index (χ1v) is 6.94. The van der Waals surface area contributed by atoms with Crippen LogP contribution in [0.2, 0.25) is 0 Å². The molecule has 0 saturated carbocycles. The number of para-hydroxylation sites is 1. The summed E-state index contributed by atoms with van der Waals surface area (Å²) in [5.74, 6) is 0. The first kappa shape index (κ1) is 14.1. The van der Waals surface area contributed by atoms with E-state index in [0.717, 1.165) is 15.8 Å². The van der Waals surface area contributed by atoms with E-state index in [1.807, 2.05) is 47.4 Å². The van der Waals surface area contributed by atoms with Crippen molar-refractivity contribution in [1.82, 2.24) is 0 Å². The second-order valence-corrected chi connectivity index (χ2v) is 5.08. The molecule has 0 atom stereocenters. The van der Waals surface area contributed by atoms with E-state index in [-0.39, 0.29) is 0 Å². The van der Waals surface area contributed by atoms with Gasteiger partial charge in [-0.05, 0) is 30.3 Å². The molecule has 0 spiro atoms. The van der Waals surface area contributed by atoms with Gasteiger partial charge in [-0.3, -0.25) is 0 Å². The summed E-state index contributed by atoms with van der Waals surface area (Å²) < 4.78 is 0.907. The quantitative estimate of drug-likeness (QED) is 0.838. The molecule has 20 heavy (non-hydrogen) atoms. The van der Waals surface area contributed by atoms with E-state index in [4.69, 9.17) is 5.26 Å². The molecule has 2 aromatic carbocycles. The molecule has 0 N–H and O–H groups in total. The largest absolute Gasteiger partial charge is 0.339 e. The molecule has 0 aliphatic carbocycles. The highest BCUT2D eigenvalue weighted by Gasteiger charge is 2.13. The number of anilines is 2. The fourth-order valence-electron chi connectivity index (χ4n) is 1.98. The van der Waals surface area contributed by atoms with E-state index in [9.17, 15) is 5.26 Å². The summed E-state index contributed by atoms with van der Waals surface area (Å²) in [5.41, 5.74) is 2.37. The molecule has 2 aromatic rings. The summed E-state index contributed by atoms with van der Waals surface area (Å²) in [4.78, 5) is 1.99. The highest BCUT2D eigenvalue weighted by molar-refractivity contribution is 9.10. The van der Waals surface area contributed by atoms with Crippen LogP contribution in [0, 0.1) is 22.7 Å². The van der Waals surface area contributed by atoms with Gasteiger partial charge in [0.2, 0.25) is 0 Å². The third kappa shape index (κ3) is 3.17. The maximum atomic E-state index is 9.27. The van der Waals surface area contributed by atoms with E-state index in [0.29, 0.717) is 18.5 Å². The van der Waals surface area contributed by atoms with Gasteiger partial charge in [0.25, 0.3) is 0 Å². The fraction of sp³-hybridized carbons (Fsp3) is 0.125. The van der Waals surface area contributed by atoms with Crippen LogP contribution in [-0.2, 0) is 0 Å². The van der Waals surface area contributed by atoms with Crippen molar-refractivity contribution in [3.05, 3.63) is 58.6 Å². The Balaban J connectivity index is 2.50. The Labute approximate surface area is 126 Å². The lowest BCUT2D eigenvalue weighted by molar-refractivity contribution is 0.946. The van der Waals surface area contributed by atoms with E-state index in [2.05, 4.69) is 28.1 Å². The summed E-state index contributed by atoms with van der Waals surface area (Å²) in [6, 6.07) is 19.7. The number of halogens is 1. The molecule has 0 fully saturated rings. The van der Waals surface area contributed by atoms with Gasteiger partial charge in [0.1, 0.15) is 6.07 Å². The van der Waals surface area contributed by atoms with E-state index in [1.165, 1.54) is 0 Å². The maximum absolute atomic E-state index is 9.27. The van der Waals surface area contributed by atoms with E-state index in [1.54, 1.807) is 6.07 Å². The van der Waals surface area contributed by atoms with Gasteiger partial charge in [-0.2, -0.15) is 10.5 Å². The van der Waals surface area contributed by atoms with Crippen LogP contribution in [0.3, 0.4) is 0 Å². The van der Waals surface area contributed by atoms with Crippen molar-refractivity contribution in [2.24, 2.45) is 0 Å². The monoisotopic (exact) mass is 325 g/mol. The second-order valence-electron chi connectivity index (χ2n) is 4.17. The van der Waals surface area contributed by atoms with Crippen molar-refractivity contribution >= 4 is 27.3 Å². The predicted molar refractivity (Wildman–Crippen MR) is 82.5 cm³/mol. The highest BCUT2D eigenvalue weighted by atomic mass is 79.9. The van der Waals surface area contributed by atoms with Crippen LogP contribution in [0.5, 0.6) is 0 Å². The Bertz CT molecular complexity index is 668. The minimum absolute atomic E-state index is 0.395. The minimum Gasteiger partial charge on any atom is -0.339 e. The zero-order valence-electron chi connectivity index (χ0n) is 10.8. The molecule has 4 heteroatoms. The highest BCUT2D eigenvalue weighted by Crippen LogP contribution is 2.30. The first-order chi connectivity index (χ1) is 9.76. The normalized spacial score (nSPS) is 9.55. The van der Waals surface area contributed by atoms with Crippen LogP contribution in [0.4, 0.5) is 11.4 Å². The lowest BCUT2D eigenvalue weighted by Gasteiger charge is -2.25. The number of rotatable bonds is 4. The first-order valence-electron chi connectivity index (χ1n) is 6.15. The van der Waals surface area contributed by atoms with Gasteiger partial charge >= 0.3 is 0 Å². The molecule has 0 aliphatic heterocycles. The lowest BCUT2D eigenvalue weighted by Crippen LogP contribution is -2.19. The number of nitriles is 2. The smallest absolute Gasteiger partial charge is 0.101 e. The van der Waals surface area contributed by atoms with E-state index < -0.39 is 0 Å². The third-order valence-corrected chi connectivity index (χ3v) is 3.38. The maximum Gasteiger partial charge on any atom is 0.101 e. The molecular weight excluding hydrogens is 314 g/mol. The molecule has 0 saturated heterocycles. The average molecular weight is 326 g/mol. The zero-order chi connectivity index (χ0) is 14.4. The van der Waals surface area contributed by atoms with Gasteiger partial charge in [0.05, 0.1) is 23.7 Å². The molecular formula is C16H12BrN3. The fourth-order valence-corrected chi connectivity index (χ4v) is 2.33. The summed E-state index contributed by atoms with van der Waals surface area (Å²) in [5, 5.41) is 18.1. The summed E-state index contributed by atoms with van der Waals surface area (Å²) in [6.07, 6.45) is 0.395. The van der Waals surface area contributed by atoms with Gasteiger partial charge in [0, 0.05) is 16.7 Å². The van der Waals surface area contributed by atoms with Gasteiger partial charge in [0.15, 0.2) is 0 Å². The molecule has 0 aromatic heterocycles. The van der Waals surface area contributed by atoms with Crippen molar-refractivity contribution in [2.45, 2.75) is 6.42 Å². The molecule has 0 aliphatic rings. The van der Waals surface area contributed by atoms with Crippen molar-refractivity contribution in [1.29, 1.82) is 10.5 Å². The Morgan fingerprint density at radius 3 is 2.45 bits per heavy atom. The third-order valence-electron chi connectivity index (χ3n) is 2.89. The molecule has 2 rings (SSSR count). The summed E-state index contributed by atoms with van der Waals surface area (Å²) in [7, 11) is 0. The lowest BCUT2D eigenvalue weighted by atomic mass is 10.1.